The maximum absolute atomic E-state index is 13.4. The molecule has 4 rings (SSSR count). The lowest BCUT2D eigenvalue weighted by Crippen LogP contribution is -2.57. The number of benzene rings is 1. The normalized spacial score (nSPS) is 18.3. The van der Waals surface area contributed by atoms with Gasteiger partial charge in [-0.15, -0.1) is 0 Å². The number of hydrogen-bond acceptors (Lipinski definition) is 5. The predicted molar refractivity (Wildman–Crippen MR) is 111 cm³/mol. The Labute approximate surface area is 184 Å². The summed E-state index contributed by atoms with van der Waals surface area (Å²) < 4.78 is 45.1. The van der Waals surface area contributed by atoms with Crippen molar-refractivity contribution in [2.24, 2.45) is 0 Å². The number of anilines is 1. The molecule has 1 saturated heterocycles. The molecule has 2 aliphatic rings. The molecular formula is C23H23F3N4O2. The maximum atomic E-state index is 13.4. The molecule has 2 aromatic rings. The second-order valence-corrected chi connectivity index (χ2v) is 8.10. The van der Waals surface area contributed by atoms with Crippen LogP contribution in [-0.4, -0.2) is 47.6 Å². The highest BCUT2D eigenvalue weighted by atomic mass is 19.4. The van der Waals surface area contributed by atoms with E-state index in [1.165, 1.54) is 6.07 Å². The topological polar surface area (TPSA) is 69.5 Å². The second kappa shape index (κ2) is 8.69. The zero-order chi connectivity index (χ0) is 22.8. The quantitative estimate of drug-likeness (QED) is 0.713. The molecule has 0 bridgehead atoms. The van der Waals surface area contributed by atoms with Crippen LogP contribution in [0.1, 0.15) is 36.9 Å². The molecule has 0 spiro atoms. The number of alkyl halides is 3. The van der Waals surface area contributed by atoms with Gasteiger partial charge < -0.3 is 14.5 Å². The number of rotatable bonds is 4. The molecule has 0 atom stereocenters. The van der Waals surface area contributed by atoms with Gasteiger partial charge in [0.25, 0.3) is 5.91 Å². The van der Waals surface area contributed by atoms with Crippen molar-refractivity contribution in [1.29, 1.82) is 5.26 Å². The highest BCUT2D eigenvalue weighted by Crippen LogP contribution is 2.37. The number of pyridine rings is 1. The number of piperazine rings is 1. The predicted octanol–water partition coefficient (Wildman–Crippen LogP) is 4.01. The number of halogens is 3. The van der Waals surface area contributed by atoms with Gasteiger partial charge in [0.15, 0.2) is 5.60 Å². The second-order valence-electron chi connectivity index (χ2n) is 8.10. The summed E-state index contributed by atoms with van der Waals surface area (Å²) in [6.07, 6.45) is -1.50. The number of aromatic nitrogens is 1. The number of hydrogen-bond donors (Lipinski definition) is 0. The van der Waals surface area contributed by atoms with E-state index in [1.807, 2.05) is 0 Å². The standard InChI is InChI=1S/C23H23F3N4O2/c24-23(25,26)19-4-3-5-20(28-19)29-12-14-30(15-13-29)21(31)22(10-1-2-11-22)32-18-8-6-17(16-27)7-9-18/h3-9H,1-2,10-15H2. The van der Waals surface area contributed by atoms with Gasteiger partial charge in [0.05, 0.1) is 11.6 Å². The highest BCUT2D eigenvalue weighted by Gasteiger charge is 2.46. The Morgan fingerprint density at radius 3 is 2.28 bits per heavy atom. The van der Waals surface area contributed by atoms with Crippen LogP contribution in [0.25, 0.3) is 0 Å². The molecule has 0 radical (unpaired) electrons. The van der Waals surface area contributed by atoms with E-state index in [4.69, 9.17) is 10.00 Å². The molecule has 0 N–H and O–H groups in total. The van der Waals surface area contributed by atoms with Gasteiger partial charge in [0, 0.05) is 26.2 Å². The van der Waals surface area contributed by atoms with Crippen LogP contribution in [0.15, 0.2) is 42.5 Å². The fourth-order valence-corrected chi connectivity index (χ4v) is 4.31. The summed E-state index contributed by atoms with van der Waals surface area (Å²) in [5.41, 5.74) is -1.34. The first-order valence-corrected chi connectivity index (χ1v) is 10.6. The minimum absolute atomic E-state index is 0.0870. The zero-order valence-electron chi connectivity index (χ0n) is 17.4. The van der Waals surface area contributed by atoms with Crippen molar-refractivity contribution < 1.29 is 22.7 Å². The Bertz CT molecular complexity index is 1000. The summed E-state index contributed by atoms with van der Waals surface area (Å²) in [6.45, 7) is 1.56. The Balaban J connectivity index is 1.44. The maximum Gasteiger partial charge on any atom is 0.433 e. The average molecular weight is 444 g/mol. The van der Waals surface area contributed by atoms with E-state index in [1.54, 1.807) is 40.1 Å². The van der Waals surface area contributed by atoms with Crippen LogP contribution in [0.4, 0.5) is 19.0 Å². The van der Waals surface area contributed by atoms with Gasteiger partial charge in [-0.3, -0.25) is 4.79 Å². The van der Waals surface area contributed by atoms with E-state index >= 15 is 0 Å². The number of carbonyl (C=O) groups is 1. The van der Waals surface area contributed by atoms with E-state index in [-0.39, 0.29) is 11.7 Å². The first-order chi connectivity index (χ1) is 15.3. The lowest BCUT2D eigenvalue weighted by atomic mass is 9.99. The molecule has 1 aliphatic heterocycles. The first kappa shape index (κ1) is 21.9. The van der Waals surface area contributed by atoms with Crippen LogP contribution in [-0.2, 0) is 11.0 Å². The minimum atomic E-state index is -4.49. The molecule has 0 unspecified atom stereocenters. The van der Waals surface area contributed by atoms with Gasteiger partial charge in [0.1, 0.15) is 17.3 Å². The van der Waals surface area contributed by atoms with E-state index < -0.39 is 17.5 Å². The van der Waals surface area contributed by atoms with E-state index in [0.29, 0.717) is 50.3 Å². The first-order valence-electron chi connectivity index (χ1n) is 10.6. The third-order valence-electron chi connectivity index (χ3n) is 6.01. The number of amides is 1. The van der Waals surface area contributed by atoms with E-state index in [0.717, 1.165) is 18.9 Å². The van der Waals surface area contributed by atoms with Gasteiger partial charge in [-0.25, -0.2) is 4.98 Å². The third kappa shape index (κ3) is 4.49. The van der Waals surface area contributed by atoms with Gasteiger partial charge in [-0.2, -0.15) is 18.4 Å². The summed E-state index contributed by atoms with van der Waals surface area (Å²) in [5, 5.41) is 8.96. The molecule has 1 saturated carbocycles. The molecule has 1 aromatic carbocycles. The van der Waals surface area contributed by atoms with Crippen LogP contribution in [0.5, 0.6) is 5.75 Å². The molecular weight excluding hydrogens is 421 g/mol. The van der Waals surface area contributed by atoms with E-state index in [2.05, 4.69) is 11.1 Å². The molecule has 1 aliphatic carbocycles. The van der Waals surface area contributed by atoms with Crippen molar-refractivity contribution in [3.63, 3.8) is 0 Å². The molecule has 1 amide bonds. The smallest absolute Gasteiger partial charge is 0.433 e. The fraction of sp³-hybridized carbons (Fsp3) is 0.435. The number of nitriles is 1. The van der Waals surface area contributed by atoms with Crippen LogP contribution in [0.2, 0.25) is 0 Å². The van der Waals surface area contributed by atoms with Crippen molar-refractivity contribution in [3.8, 4) is 11.8 Å². The van der Waals surface area contributed by atoms with Crippen LogP contribution >= 0.6 is 0 Å². The van der Waals surface area contributed by atoms with Gasteiger partial charge in [-0.1, -0.05) is 6.07 Å². The molecule has 6 nitrogen and oxygen atoms in total. The Morgan fingerprint density at radius 2 is 1.69 bits per heavy atom. The zero-order valence-corrected chi connectivity index (χ0v) is 17.4. The van der Waals surface area contributed by atoms with Crippen LogP contribution < -0.4 is 9.64 Å². The number of nitrogens with zero attached hydrogens (tertiary/aromatic N) is 4. The number of ether oxygens (including phenoxy) is 1. The van der Waals surface area contributed by atoms with Gasteiger partial charge in [0.2, 0.25) is 0 Å². The molecule has 2 heterocycles. The summed E-state index contributed by atoms with van der Waals surface area (Å²) in [4.78, 5) is 20.7. The number of carbonyl (C=O) groups excluding carboxylic acids is 1. The lowest BCUT2D eigenvalue weighted by Gasteiger charge is -2.40. The summed E-state index contributed by atoms with van der Waals surface area (Å²) in [6, 6.07) is 12.6. The molecule has 2 fully saturated rings. The molecule has 9 heteroatoms. The largest absolute Gasteiger partial charge is 0.477 e. The molecule has 32 heavy (non-hydrogen) atoms. The van der Waals surface area contributed by atoms with Crippen molar-refractivity contribution in [2.75, 3.05) is 31.1 Å². The Hall–Kier alpha value is -3.28. The highest BCUT2D eigenvalue weighted by molar-refractivity contribution is 5.86. The Kier molecular flexibility index (Phi) is 5.96. The summed E-state index contributed by atoms with van der Waals surface area (Å²) in [7, 11) is 0. The van der Waals surface area contributed by atoms with Crippen molar-refractivity contribution in [1.82, 2.24) is 9.88 Å². The Morgan fingerprint density at radius 1 is 1.03 bits per heavy atom. The average Bonchev–Trinajstić information content (AvgIpc) is 3.28. The minimum Gasteiger partial charge on any atom is -0.477 e. The van der Waals surface area contributed by atoms with Crippen molar-refractivity contribution in [3.05, 3.63) is 53.7 Å². The SMILES string of the molecule is N#Cc1ccc(OC2(C(=O)N3CCN(c4cccc(C(F)(F)F)n4)CC3)CCCC2)cc1. The van der Waals surface area contributed by atoms with Crippen molar-refractivity contribution in [2.45, 2.75) is 37.5 Å². The van der Waals surface area contributed by atoms with E-state index in [9.17, 15) is 18.0 Å². The third-order valence-corrected chi connectivity index (χ3v) is 6.01. The van der Waals surface area contributed by atoms with Gasteiger partial charge >= 0.3 is 6.18 Å². The fourth-order valence-electron chi connectivity index (χ4n) is 4.31. The molecule has 168 valence electrons. The van der Waals surface area contributed by atoms with Crippen molar-refractivity contribution >= 4 is 11.7 Å². The lowest BCUT2D eigenvalue weighted by molar-refractivity contribution is -0.148. The molecule has 1 aromatic heterocycles. The summed E-state index contributed by atoms with van der Waals surface area (Å²) in [5.74, 6) is 0.721. The van der Waals surface area contributed by atoms with Crippen LogP contribution in [0, 0.1) is 11.3 Å². The summed E-state index contributed by atoms with van der Waals surface area (Å²) >= 11 is 0. The van der Waals surface area contributed by atoms with Crippen LogP contribution in [0.3, 0.4) is 0 Å². The van der Waals surface area contributed by atoms with Gasteiger partial charge in [-0.05, 0) is 62.1 Å². The monoisotopic (exact) mass is 444 g/mol.